The Kier molecular flexibility index (Phi) is 3.37. The fourth-order valence-corrected chi connectivity index (χ4v) is 1.78. The number of hydrogen-bond acceptors (Lipinski definition) is 0. The van der Waals surface area contributed by atoms with Gasteiger partial charge in [0.25, 0.3) is 0 Å². The van der Waals surface area contributed by atoms with Crippen LogP contribution in [0.3, 0.4) is 0 Å². The lowest BCUT2D eigenvalue weighted by Gasteiger charge is -2.25. The molecule has 4 atom stereocenters. The molecular formula is C12H22. The second-order valence-electron chi connectivity index (χ2n) is 4.64. The molecule has 0 N–H and O–H groups in total. The summed E-state index contributed by atoms with van der Waals surface area (Å²) in [7, 11) is 0. The van der Waals surface area contributed by atoms with Crippen molar-refractivity contribution in [1.29, 1.82) is 0 Å². The van der Waals surface area contributed by atoms with Crippen molar-refractivity contribution in [1.82, 2.24) is 0 Å². The van der Waals surface area contributed by atoms with Gasteiger partial charge in [-0.3, -0.25) is 0 Å². The zero-order valence-electron chi connectivity index (χ0n) is 8.88. The third-order valence-corrected chi connectivity index (χ3v) is 3.59. The van der Waals surface area contributed by atoms with Crippen molar-refractivity contribution in [2.24, 2.45) is 23.7 Å². The van der Waals surface area contributed by atoms with E-state index in [0.29, 0.717) is 0 Å². The molecule has 0 radical (unpaired) electrons. The summed E-state index contributed by atoms with van der Waals surface area (Å²) in [4.78, 5) is 0. The van der Waals surface area contributed by atoms with Gasteiger partial charge in [-0.05, 0) is 36.5 Å². The van der Waals surface area contributed by atoms with Crippen molar-refractivity contribution < 1.29 is 0 Å². The molecular weight excluding hydrogens is 144 g/mol. The molecule has 0 heteroatoms. The van der Waals surface area contributed by atoms with Gasteiger partial charge < -0.3 is 0 Å². The zero-order chi connectivity index (χ0) is 9.14. The lowest BCUT2D eigenvalue weighted by molar-refractivity contribution is 0.325. The Morgan fingerprint density at radius 1 is 0.750 bits per heavy atom. The predicted molar refractivity (Wildman–Crippen MR) is 55.0 cm³/mol. The Balaban J connectivity index is 2.62. The second kappa shape index (κ2) is 4.11. The largest absolute Gasteiger partial charge is 0.0852 e. The summed E-state index contributed by atoms with van der Waals surface area (Å²) in [5, 5.41) is 0. The van der Waals surface area contributed by atoms with Gasteiger partial charge in [-0.15, -0.1) is 0 Å². The van der Waals surface area contributed by atoms with Gasteiger partial charge in [-0.2, -0.15) is 0 Å². The molecule has 0 saturated carbocycles. The molecule has 0 aliphatic heterocycles. The van der Waals surface area contributed by atoms with Crippen LogP contribution in [-0.2, 0) is 0 Å². The molecule has 0 aromatic rings. The smallest absolute Gasteiger partial charge is 0.0236 e. The molecule has 1 aliphatic carbocycles. The van der Waals surface area contributed by atoms with E-state index in [9.17, 15) is 0 Å². The summed E-state index contributed by atoms with van der Waals surface area (Å²) >= 11 is 0. The van der Waals surface area contributed by atoms with E-state index in [1.807, 2.05) is 0 Å². The Morgan fingerprint density at radius 2 is 1.08 bits per heavy atom. The quantitative estimate of drug-likeness (QED) is 0.479. The first-order valence-corrected chi connectivity index (χ1v) is 5.29. The van der Waals surface area contributed by atoms with Gasteiger partial charge in [-0.25, -0.2) is 0 Å². The third-order valence-electron chi connectivity index (χ3n) is 3.59. The van der Waals surface area contributed by atoms with Crippen molar-refractivity contribution in [3.63, 3.8) is 0 Å². The molecule has 0 nitrogen and oxygen atoms in total. The van der Waals surface area contributed by atoms with Crippen molar-refractivity contribution in [2.45, 2.75) is 40.5 Å². The first-order valence-electron chi connectivity index (χ1n) is 5.29. The first kappa shape index (κ1) is 9.83. The number of allylic oxidation sites excluding steroid dienone is 2. The Labute approximate surface area is 77.1 Å². The lowest BCUT2D eigenvalue weighted by atomic mass is 9.81. The topological polar surface area (TPSA) is 0 Å². The van der Waals surface area contributed by atoms with Gasteiger partial charge in [0, 0.05) is 0 Å². The normalized spacial score (nSPS) is 46.3. The van der Waals surface area contributed by atoms with Crippen LogP contribution < -0.4 is 0 Å². The molecule has 0 aromatic heterocycles. The third kappa shape index (κ3) is 2.36. The molecule has 0 aromatic carbocycles. The van der Waals surface area contributed by atoms with Gasteiger partial charge in [0.15, 0.2) is 0 Å². The predicted octanol–water partition coefficient (Wildman–Crippen LogP) is 3.88. The zero-order valence-corrected chi connectivity index (χ0v) is 8.88. The maximum Gasteiger partial charge on any atom is -0.0236 e. The number of rotatable bonds is 0. The van der Waals surface area contributed by atoms with E-state index in [4.69, 9.17) is 0 Å². The standard InChI is InChI=1S/C12H22/c1-9-5-6-11(3)12(4)8-7-10(9)2/h5-6,9-12H,7-8H2,1-4H3/b6-5-. The molecule has 70 valence electrons. The molecule has 1 rings (SSSR count). The summed E-state index contributed by atoms with van der Waals surface area (Å²) in [5.74, 6) is 3.30. The number of hydrogen-bond donors (Lipinski definition) is 0. The fourth-order valence-electron chi connectivity index (χ4n) is 1.78. The van der Waals surface area contributed by atoms with Gasteiger partial charge in [-0.1, -0.05) is 39.8 Å². The molecule has 4 unspecified atom stereocenters. The summed E-state index contributed by atoms with van der Waals surface area (Å²) in [6, 6.07) is 0. The highest BCUT2D eigenvalue weighted by Gasteiger charge is 2.17. The Hall–Kier alpha value is -0.260. The van der Waals surface area contributed by atoms with Crippen LogP contribution in [0.4, 0.5) is 0 Å². The molecule has 0 saturated heterocycles. The van der Waals surface area contributed by atoms with Gasteiger partial charge in [0.05, 0.1) is 0 Å². The van der Waals surface area contributed by atoms with Gasteiger partial charge >= 0.3 is 0 Å². The maximum atomic E-state index is 2.41. The van der Waals surface area contributed by atoms with Crippen LogP contribution in [0.15, 0.2) is 12.2 Å². The average molecular weight is 166 g/mol. The van der Waals surface area contributed by atoms with Gasteiger partial charge in [0.2, 0.25) is 0 Å². The van der Waals surface area contributed by atoms with E-state index in [1.54, 1.807) is 0 Å². The summed E-state index contributed by atoms with van der Waals surface area (Å²) in [6.45, 7) is 9.42. The Bertz CT molecular complexity index is 139. The van der Waals surface area contributed by atoms with Crippen LogP contribution in [0, 0.1) is 23.7 Å². The van der Waals surface area contributed by atoms with Crippen LogP contribution in [0.25, 0.3) is 0 Å². The van der Waals surface area contributed by atoms with Crippen molar-refractivity contribution >= 4 is 0 Å². The summed E-state index contributed by atoms with van der Waals surface area (Å²) in [6.07, 6.45) is 7.62. The van der Waals surface area contributed by atoms with E-state index >= 15 is 0 Å². The summed E-state index contributed by atoms with van der Waals surface area (Å²) < 4.78 is 0. The van der Waals surface area contributed by atoms with Crippen LogP contribution in [-0.4, -0.2) is 0 Å². The van der Waals surface area contributed by atoms with Crippen molar-refractivity contribution in [3.8, 4) is 0 Å². The molecule has 0 spiro atoms. The van der Waals surface area contributed by atoms with E-state index in [-0.39, 0.29) is 0 Å². The molecule has 0 heterocycles. The van der Waals surface area contributed by atoms with Crippen LogP contribution >= 0.6 is 0 Å². The Morgan fingerprint density at radius 3 is 1.42 bits per heavy atom. The van der Waals surface area contributed by atoms with Crippen LogP contribution in [0.1, 0.15) is 40.5 Å². The minimum absolute atomic E-state index is 0.778. The van der Waals surface area contributed by atoms with E-state index in [0.717, 1.165) is 23.7 Å². The molecule has 1 aliphatic rings. The SMILES string of the molecule is CC1/C=C\C(C)C(C)CCC1C. The van der Waals surface area contributed by atoms with E-state index in [1.165, 1.54) is 12.8 Å². The molecule has 12 heavy (non-hydrogen) atoms. The fraction of sp³-hybridized carbons (Fsp3) is 0.833. The van der Waals surface area contributed by atoms with Crippen LogP contribution in [0.5, 0.6) is 0 Å². The molecule has 0 bridgehead atoms. The maximum absolute atomic E-state index is 2.41. The molecule has 0 amide bonds. The summed E-state index contributed by atoms with van der Waals surface area (Å²) in [5.41, 5.74) is 0. The monoisotopic (exact) mass is 166 g/mol. The first-order chi connectivity index (χ1) is 5.61. The molecule has 0 fully saturated rings. The van der Waals surface area contributed by atoms with Crippen molar-refractivity contribution in [2.75, 3.05) is 0 Å². The van der Waals surface area contributed by atoms with E-state index in [2.05, 4.69) is 39.8 Å². The highest BCUT2D eigenvalue weighted by molar-refractivity contribution is 4.95. The second-order valence-corrected chi connectivity index (χ2v) is 4.64. The minimum Gasteiger partial charge on any atom is -0.0852 e. The van der Waals surface area contributed by atoms with Crippen molar-refractivity contribution in [3.05, 3.63) is 12.2 Å². The minimum atomic E-state index is 0.778. The highest BCUT2D eigenvalue weighted by Crippen LogP contribution is 2.28. The lowest BCUT2D eigenvalue weighted by Crippen LogP contribution is -2.14. The van der Waals surface area contributed by atoms with Crippen LogP contribution in [0.2, 0.25) is 0 Å². The average Bonchev–Trinajstić information content (AvgIpc) is 2.07. The van der Waals surface area contributed by atoms with Gasteiger partial charge in [0.1, 0.15) is 0 Å². The van der Waals surface area contributed by atoms with E-state index < -0.39 is 0 Å². The highest BCUT2D eigenvalue weighted by atomic mass is 14.2.